The summed E-state index contributed by atoms with van der Waals surface area (Å²) in [5, 5.41) is 14.4. The van der Waals surface area contributed by atoms with Gasteiger partial charge in [0.25, 0.3) is 5.91 Å². The molecule has 0 spiro atoms. The predicted molar refractivity (Wildman–Crippen MR) is 83.8 cm³/mol. The van der Waals surface area contributed by atoms with Gasteiger partial charge >= 0.3 is 0 Å². The summed E-state index contributed by atoms with van der Waals surface area (Å²) < 4.78 is 4.88. The van der Waals surface area contributed by atoms with Crippen LogP contribution in [0.2, 0.25) is 0 Å². The largest absolute Gasteiger partial charge is 0.385 e. The van der Waals surface area contributed by atoms with Gasteiger partial charge < -0.3 is 15.4 Å². The minimum absolute atomic E-state index is 0.0321. The van der Waals surface area contributed by atoms with Crippen LogP contribution in [0.15, 0.2) is 29.8 Å². The lowest BCUT2D eigenvalue weighted by molar-refractivity contribution is -0.117. The third-order valence-corrected chi connectivity index (χ3v) is 2.72. The summed E-state index contributed by atoms with van der Waals surface area (Å²) in [5.41, 5.74) is 1.40. The van der Waals surface area contributed by atoms with E-state index in [1.807, 2.05) is 6.07 Å². The molecule has 22 heavy (non-hydrogen) atoms. The van der Waals surface area contributed by atoms with Crippen molar-refractivity contribution in [3.05, 3.63) is 35.4 Å². The van der Waals surface area contributed by atoms with Gasteiger partial charge in [-0.2, -0.15) is 5.26 Å². The molecule has 0 aromatic heterocycles. The van der Waals surface area contributed by atoms with Gasteiger partial charge in [-0.05, 0) is 30.2 Å². The molecule has 1 rings (SSSR count). The number of hydrogen-bond acceptors (Lipinski definition) is 4. The Morgan fingerprint density at radius 3 is 2.55 bits per heavy atom. The molecule has 0 fully saturated rings. The molecule has 2 amide bonds. The van der Waals surface area contributed by atoms with E-state index in [1.165, 1.54) is 13.0 Å². The number of nitrogens with one attached hydrogen (secondary N) is 2. The number of anilines is 1. The van der Waals surface area contributed by atoms with E-state index in [9.17, 15) is 9.59 Å². The Bertz CT molecular complexity index is 586. The van der Waals surface area contributed by atoms with Crippen molar-refractivity contribution in [1.82, 2.24) is 5.32 Å². The van der Waals surface area contributed by atoms with Crippen molar-refractivity contribution in [3.8, 4) is 6.07 Å². The van der Waals surface area contributed by atoms with Gasteiger partial charge in [-0.15, -0.1) is 0 Å². The van der Waals surface area contributed by atoms with Crippen LogP contribution in [0.25, 0.3) is 6.08 Å². The minimum Gasteiger partial charge on any atom is -0.385 e. The Balaban J connectivity index is 2.69. The van der Waals surface area contributed by atoms with Gasteiger partial charge in [0.2, 0.25) is 5.91 Å². The molecule has 0 aliphatic heterocycles. The number of ether oxygens (including phenoxy) is 1. The van der Waals surface area contributed by atoms with Crippen LogP contribution in [0.1, 0.15) is 18.9 Å². The van der Waals surface area contributed by atoms with Gasteiger partial charge in [0.15, 0.2) is 0 Å². The molecule has 0 saturated heterocycles. The standard InChI is InChI=1S/C16H19N3O3/c1-12(20)19-15-6-4-13(5-7-15)10-14(11-17)16(21)18-8-3-9-22-2/h4-7,10H,3,8-9H2,1-2H3,(H,18,21)(H,19,20)/b14-10+. The van der Waals surface area contributed by atoms with Crippen LogP contribution < -0.4 is 10.6 Å². The smallest absolute Gasteiger partial charge is 0.261 e. The molecule has 0 aliphatic carbocycles. The summed E-state index contributed by atoms with van der Waals surface area (Å²) in [6, 6.07) is 8.75. The third kappa shape index (κ3) is 6.20. The van der Waals surface area contributed by atoms with E-state index in [0.29, 0.717) is 30.8 Å². The van der Waals surface area contributed by atoms with E-state index in [2.05, 4.69) is 10.6 Å². The monoisotopic (exact) mass is 301 g/mol. The fraction of sp³-hybridized carbons (Fsp3) is 0.312. The van der Waals surface area contributed by atoms with Gasteiger partial charge in [-0.25, -0.2) is 0 Å². The fourth-order valence-electron chi connectivity index (χ4n) is 1.69. The van der Waals surface area contributed by atoms with Gasteiger partial charge in [0.05, 0.1) is 0 Å². The molecule has 0 saturated carbocycles. The summed E-state index contributed by atoms with van der Waals surface area (Å²) in [4.78, 5) is 22.8. The van der Waals surface area contributed by atoms with Crippen molar-refractivity contribution in [2.75, 3.05) is 25.6 Å². The summed E-state index contributed by atoms with van der Waals surface area (Å²) in [5.74, 6) is -0.569. The van der Waals surface area contributed by atoms with Crippen LogP contribution in [-0.4, -0.2) is 32.1 Å². The Morgan fingerprint density at radius 2 is 2.00 bits per heavy atom. The zero-order chi connectivity index (χ0) is 16.4. The third-order valence-electron chi connectivity index (χ3n) is 2.72. The SMILES string of the molecule is COCCCNC(=O)/C(C#N)=C/c1ccc(NC(C)=O)cc1. The van der Waals surface area contributed by atoms with E-state index in [-0.39, 0.29) is 11.5 Å². The first-order chi connectivity index (χ1) is 10.6. The van der Waals surface area contributed by atoms with Gasteiger partial charge in [0.1, 0.15) is 11.6 Å². The molecule has 0 aliphatic rings. The first-order valence-electron chi connectivity index (χ1n) is 6.83. The fourth-order valence-corrected chi connectivity index (χ4v) is 1.69. The van der Waals surface area contributed by atoms with Crippen LogP contribution in [0.4, 0.5) is 5.69 Å². The number of carbonyl (C=O) groups excluding carboxylic acids is 2. The second-order valence-corrected chi connectivity index (χ2v) is 4.58. The predicted octanol–water partition coefficient (Wildman–Crippen LogP) is 1.70. The minimum atomic E-state index is -0.412. The molecule has 1 aromatic carbocycles. The normalized spacial score (nSPS) is 10.7. The highest BCUT2D eigenvalue weighted by atomic mass is 16.5. The molecule has 0 radical (unpaired) electrons. The molecular formula is C16H19N3O3. The Morgan fingerprint density at radius 1 is 1.32 bits per heavy atom. The summed E-state index contributed by atoms with van der Waals surface area (Å²) in [7, 11) is 1.59. The Kier molecular flexibility index (Phi) is 7.37. The topological polar surface area (TPSA) is 91.2 Å². The quantitative estimate of drug-likeness (QED) is 0.455. The highest BCUT2D eigenvalue weighted by molar-refractivity contribution is 6.01. The van der Waals surface area contributed by atoms with Crippen molar-refractivity contribution in [2.45, 2.75) is 13.3 Å². The van der Waals surface area contributed by atoms with Crippen LogP contribution in [-0.2, 0) is 14.3 Å². The average Bonchev–Trinajstić information content (AvgIpc) is 2.50. The maximum atomic E-state index is 11.9. The first-order valence-corrected chi connectivity index (χ1v) is 6.83. The number of hydrogen-bond donors (Lipinski definition) is 2. The summed E-state index contributed by atoms with van der Waals surface area (Å²) in [6.45, 7) is 2.43. The lowest BCUT2D eigenvalue weighted by Crippen LogP contribution is -2.26. The lowest BCUT2D eigenvalue weighted by Gasteiger charge is -2.04. The zero-order valence-electron chi connectivity index (χ0n) is 12.7. The molecule has 6 heteroatoms. The molecule has 0 unspecified atom stereocenters. The number of amides is 2. The molecular weight excluding hydrogens is 282 g/mol. The average molecular weight is 301 g/mol. The van der Waals surface area contributed by atoms with Crippen LogP contribution >= 0.6 is 0 Å². The van der Waals surface area contributed by atoms with Crippen molar-refractivity contribution >= 4 is 23.6 Å². The molecule has 0 heterocycles. The molecule has 2 N–H and O–H groups in total. The van der Waals surface area contributed by atoms with E-state index >= 15 is 0 Å². The second kappa shape index (κ2) is 9.32. The molecule has 116 valence electrons. The van der Waals surface area contributed by atoms with E-state index in [0.717, 1.165) is 0 Å². The van der Waals surface area contributed by atoms with E-state index < -0.39 is 5.91 Å². The molecule has 0 bridgehead atoms. The number of rotatable bonds is 7. The zero-order valence-corrected chi connectivity index (χ0v) is 12.7. The number of carbonyl (C=O) groups is 2. The van der Waals surface area contributed by atoms with E-state index in [4.69, 9.17) is 10.00 Å². The van der Waals surface area contributed by atoms with Gasteiger partial charge in [-0.3, -0.25) is 9.59 Å². The van der Waals surface area contributed by atoms with Crippen molar-refractivity contribution in [3.63, 3.8) is 0 Å². The van der Waals surface area contributed by atoms with Gasteiger partial charge in [-0.1, -0.05) is 12.1 Å². The highest BCUT2D eigenvalue weighted by Gasteiger charge is 2.08. The second-order valence-electron chi connectivity index (χ2n) is 4.58. The van der Waals surface area contributed by atoms with E-state index in [1.54, 1.807) is 31.4 Å². The Hall–Kier alpha value is -2.65. The van der Waals surface area contributed by atoms with Crippen molar-refractivity contribution in [1.29, 1.82) is 5.26 Å². The number of methoxy groups -OCH3 is 1. The van der Waals surface area contributed by atoms with Crippen molar-refractivity contribution < 1.29 is 14.3 Å². The van der Waals surface area contributed by atoms with Gasteiger partial charge in [0, 0.05) is 32.9 Å². The number of benzene rings is 1. The first kappa shape index (κ1) is 17.4. The Labute approximate surface area is 129 Å². The molecule has 1 aromatic rings. The van der Waals surface area contributed by atoms with Crippen LogP contribution in [0, 0.1) is 11.3 Å². The lowest BCUT2D eigenvalue weighted by atomic mass is 10.1. The summed E-state index contributed by atoms with van der Waals surface area (Å²) >= 11 is 0. The highest BCUT2D eigenvalue weighted by Crippen LogP contribution is 2.12. The molecule has 0 atom stereocenters. The van der Waals surface area contributed by atoms with Crippen molar-refractivity contribution in [2.24, 2.45) is 0 Å². The number of nitriles is 1. The number of nitrogens with zero attached hydrogens (tertiary/aromatic N) is 1. The maximum absolute atomic E-state index is 11.9. The molecule has 6 nitrogen and oxygen atoms in total. The summed E-state index contributed by atoms with van der Waals surface area (Å²) in [6.07, 6.45) is 2.19. The van der Waals surface area contributed by atoms with Crippen LogP contribution in [0.3, 0.4) is 0 Å². The van der Waals surface area contributed by atoms with Crippen LogP contribution in [0.5, 0.6) is 0 Å². The maximum Gasteiger partial charge on any atom is 0.261 e.